The molecule has 0 radical (unpaired) electrons. The average molecular weight is 367 g/mol. The highest BCUT2D eigenvalue weighted by Gasteiger charge is 2.27. The summed E-state index contributed by atoms with van der Waals surface area (Å²) in [7, 11) is 0. The Labute approximate surface area is 159 Å². The Morgan fingerprint density at radius 3 is 2.52 bits per heavy atom. The molecule has 1 saturated carbocycles. The second-order valence-electron chi connectivity index (χ2n) is 7.22. The van der Waals surface area contributed by atoms with Crippen LogP contribution < -0.4 is 14.8 Å². The van der Waals surface area contributed by atoms with Crippen molar-refractivity contribution < 1.29 is 19.4 Å². The molecule has 2 aromatic carbocycles. The van der Waals surface area contributed by atoms with Crippen LogP contribution in [0.15, 0.2) is 42.5 Å². The Morgan fingerprint density at radius 1 is 1.04 bits per heavy atom. The van der Waals surface area contributed by atoms with E-state index in [1.807, 2.05) is 36.4 Å². The largest absolute Gasteiger partial charge is 0.491 e. The van der Waals surface area contributed by atoms with E-state index in [1.54, 1.807) is 0 Å². The molecular formula is C22H25NO4. The molecule has 1 atom stereocenters. The summed E-state index contributed by atoms with van der Waals surface area (Å²) in [5.41, 5.74) is 3.02. The second kappa shape index (κ2) is 8.01. The lowest BCUT2D eigenvalue weighted by atomic mass is 9.85. The van der Waals surface area contributed by atoms with E-state index < -0.39 is 0 Å². The number of hydrogen-bond donors (Lipinski definition) is 2. The van der Waals surface area contributed by atoms with Gasteiger partial charge in [-0.2, -0.15) is 0 Å². The van der Waals surface area contributed by atoms with Crippen molar-refractivity contribution in [3.63, 3.8) is 0 Å². The van der Waals surface area contributed by atoms with E-state index in [2.05, 4.69) is 11.4 Å². The van der Waals surface area contributed by atoms with Crippen molar-refractivity contribution in [3.05, 3.63) is 53.6 Å². The summed E-state index contributed by atoms with van der Waals surface area (Å²) in [5, 5.41) is 11.8. The monoisotopic (exact) mass is 367 g/mol. The van der Waals surface area contributed by atoms with Crippen molar-refractivity contribution in [2.24, 2.45) is 0 Å². The van der Waals surface area contributed by atoms with Gasteiger partial charge in [-0.25, -0.2) is 0 Å². The molecule has 2 aliphatic rings. The molecule has 0 aromatic heterocycles. The van der Waals surface area contributed by atoms with Crippen LogP contribution in [-0.2, 0) is 4.79 Å². The molecule has 27 heavy (non-hydrogen) atoms. The first kappa shape index (κ1) is 17.9. The van der Waals surface area contributed by atoms with Crippen molar-refractivity contribution in [2.45, 2.75) is 44.1 Å². The van der Waals surface area contributed by atoms with Gasteiger partial charge in [0.05, 0.1) is 12.7 Å². The first-order valence-electron chi connectivity index (χ1n) is 9.67. The molecule has 1 heterocycles. The van der Waals surface area contributed by atoms with Crippen LogP contribution in [-0.4, -0.2) is 30.3 Å². The van der Waals surface area contributed by atoms with Crippen molar-refractivity contribution in [2.75, 3.05) is 18.5 Å². The second-order valence-corrected chi connectivity index (χ2v) is 7.22. The highest BCUT2D eigenvalue weighted by atomic mass is 16.5. The van der Waals surface area contributed by atoms with E-state index in [0.29, 0.717) is 18.3 Å². The molecule has 5 heteroatoms. The quantitative estimate of drug-likeness (QED) is 0.814. The van der Waals surface area contributed by atoms with Gasteiger partial charge in [0, 0.05) is 24.1 Å². The minimum atomic E-state index is -0.0107. The molecule has 1 amide bonds. The molecule has 1 aliphatic heterocycles. The van der Waals surface area contributed by atoms with E-state index >= 15 is 0 Å². The number of ether oxygens (including phenoxy) is 2. The number of carbonyl (C=O) groups is 1. The first-order valence-corrected chi connectivity index (χ1v) is 9.67. The van der Waals surface area contributed by atoms with Crippen LogP contribution in [0.3, 0.4) is 0 Å². The highest BCUT2D eigenvalue weighted by Crippen LogP contribution is 2.39. The standard InChI is InChI=1S/C22H25NO4/c24-11-12-26-16-7-5-15(6-8-16)20-14-22(25)23-21-13-18(9-10-19(20)21)27-17-3-1-2-4-17/h5-10,13,17,20,24H,1-4,11-12,14H2,(H,23,25). The summed E-state index contributed by atoms with van der Waals surface area (Å²) < 4.78 is 11.5. The molecular weight excluding hydrogens is 342 g/mol. The smallest absolute Gasteiger partial charge is 0.225 e. The SMILES string of the molecule is O=C1CC(c2ccc(OCCO)cc2)c2ccc(OC3CCCC3)cc2N1. The number of anilines is 1. The van der Waals surface area contributed by atoms with Crippen molar-refractivity contribution in [1.82, 2.24) is 0 Å². The molecule has 0 spiro atoms. The van der Waals surface area contributed by atoms with Gasteiger partial charge in [-0.05, 0) is 55.0 Å². The maximum atomic E-state index is 12.3. The molecule has 2 N–H and O–H groups in total. The number of fused-ring (bicyclic) bond motifs is 1. The van der Waals surface area contributed by atoms with Gasteiger partial charge < -0.3 is 19.9 Å². The Hall–Kier alpha value is -2.53. The normalized spacial score (nSPS) is 19.4. The Kier molecular flexibility index (Phi) is 5.30. The van der Waals surface area contributed by atoms with Crippen molar-refractivity contribution >= 4 is 11.6 Å². The molecule has 1 fully saturated rings. The Bertz CT molecular complexity index is 796. The average Bonchev–Trinajstić information content (AvgIpc) is 3.19. The molecule has 1 unspecified atom stereocenters. The van der Waals surface area contributed by atoms with E-state index in [9.17, 15) is 4.79 Å². The molecule has 1 aliphatic carbocycles. The van der Waals surface area contributed by atoms with E-state index in [0.717, 1.165) is 35.4 Å². The highest BCUT2D eigenvalue weighted by molar-refractivity contribution is 5.95. The summed E-state index contributed by atoms with van der Waals surface area (Å²) in [6, 6.07) is 13.8. The third-order valence-electron chi connectivity index (χ3n) is 5.31. The maximum absolute atomic E-state index is 12.3. The molecule has 0 saturated heterocycles. The molecule has 0 bridgehead atoms. The first-order chi connectivity index (χ1) is 13.2. The van der Waals surface area contributed by atoms with E-state index in [-0.39, 0.29) is 25.0 Å². The molecule has 2 aromatic rings. The number of rotatable bonds is 6. The number of aliphatic hydroxyl groups is 1. The third kappa shape index (κ3) is 4.08. The number of hydrogen-bond acceptors (Lipinski definition) is 4. The van der Waals surface area contributed by atoms with Gasteiger partial charge in [0.1, 0.15) is 18.1 Å². The molecule has 4 rings (SSSR count). The van der Waals surface area contributed by atoms with Gasteiger partial charge in [-0.15, -0.1) is 0 Å². The summed E-state index contributed by atoms with van der Waals surface area (Å²) in [4.78, 5) is 12.3. The number of benzene rings is 2. The zero-order valence-corrected chi connectivity index (χ0v) is 15.3. The zero-order chi connectivity index (χ0) is 18.6. The molecule has 5 nitrogen and oxygen atoms in total. The maximum Gasteiger partial charge on any atom is 0.225 e. The van der Waals surface area contributed by atoms with Crippen LogP contribution in [0.5, 0.6) is 11.5 Å². The van der Waals surface area contributed by atoms with Gasteiger partial charge in [0.15, 0.2) is 0 Å². The molecule has 142 valence electrons. The summed E-state index contributed by atoms with van der Waals surface area (Å²) >= 11 is 0. The van der Waals surface area contributed by atoms with Crippen molar-refractivity contribution in [1.29, 1.82) is 0 Å². The van der Waals surface area contributed by atoms with Gasteiger partial charge in [0.25, 0.3) is 0 Å². The number of nitrogens with one attached hydrogen (secondary N) is 1. The van der Waals surface area contributed by atoms with Crippen LogP contribution >= 0.6 is 0 Å². The van der Waals surface area contributed by atoms with Gasteiger partial charge in [0.2, 0.25) is 5.91 Å². The summed E-state index contributed by atoms with van der Waals surface area (Å²) in [6.45, 7) is 0.265. The van der Waals surface area contributed by atoms with Crippen LogP contribution in [0.2, 0.25) is 0 Å². The van der Waals surface area contributed by atoms with E-state index in [4.69, 9.17) is 14.6 Å². The predicted octanol–water partition coefficient (Wildman–Crippen LogP) is 3.85. The minimum Gasteiger partial charge on any atom is -0.491 e. The van der Waals surface area contributed by atoms with Crippen molar-refractivity contribution in [3.8, 4) is 11.5 Å². The summed E-state index contributed by atoms with van der Waals surface area (Å²) in [6.07, 6.45) is 5.39. The van der Waals surface area contributed by atoms with Crippen LogP contribution in [0, 0.1) is 0 Å². The fraction of sp³-hybridized carbons (Fsp3) is 0.409. The Balaban J connectivity index is 1.55. The number of aliphatic hydroxyl groups excluding tert-OH is 1. The number of amides is 1. The minimum absolute atomic E-state index is 0.0107. The van der Waals surface area contributed by atoms with Crippen LogP contribution in [0.1, 0.15) is 49.1 Å². The van der Waals surface area contributed by atoms with Crippen LogP contribution in [0.25, 0.3) is 0 Å². The fourth-order valence-corrected chi connectivity index (χ4v) is 3.97. The number of carbonyl (C=O) groups excluding carboxylic acids is 1. The van der Waals surface area contributed by atoms with E-state index in [1.165, 1.54) is 12.8 Å². The lowest BCUT2D eigenvalue weighted by Crippen LogP contribution is -2.23. The lowest BCUT2D eigenvalue weighted by molar-refractivity contribution is -0.116. The van der Waals surface area contributed by atoms with Gasteiger partial charge >= 0.3 is 0 Å². The predicted molar refractivity (Wildman–Crippen MR) is 103 cm³/mol. The van der Waals surface area contributed by atoms with Gasteiger partial charge in [-0.1, -0.05) is 18.2 Å². The topological polar surface area (TPSA) is 67.8 Å². The lowest BCUT2D eigenvalue weighted by Gasteiger charge is -2.27. The van der Waals surface area contributed by atoms with Crippen LogP contribution in [0.4, 0.5) is 5.69 Å². The third-order valence-corrected chi connectivity index (χ3v) is 5.31. The fourth-order valence-electron chi connectivity index (χ4n) is 3.97. The zero-order valence-electron chi connectivity index (χ0n) is 15.3. The van der Waals surface area contributed by atoms with Gasteiger partial charge in [-0.3, -0.25) is 4.79 Å². The summed E-state index contributed by atoms with van der Waals surface area (Å²) in [5.74, 6) is 1.58. The Morgan fingerprint density at radius 2 is 1.78 bits per heavy atom.